The van der Waals surface area contributed by atoms with Gasteiger partial charge in [-0.25, -0.2) is 0 Å². The number of carbonyl (C=O) groups is 1. The number of carbonyl (C=O) groups excluding carboxylic acids is 1. The minimum atomic E-state index is -0.218. The number of benzene rings is 1. The van der Waals surface area contributed by atoms with Gasteiger partial charge in [-0.15, -0.1) is 0 Å². The van der Waals surface area contributed by atoms with Gasteiger partial charge < -0.3 is 15.7 Å². The number of phenols is 1. The lowest BCUT2D eigenvalue weighted by Gasteiger charge is -2.16. The fourth-order valence-corrected chi connectivity index (χ4v) is 1.62. The van der Waals surface area contributed by atoms with Crippen LogP contribution in [0.1, 0.15) is 18.9 Å². The lowest BCUT2D eigenvalue weighted by molar-refractivity contribution is -0.122. The first-order chi connectivity index (χ1) is 8.17. The molecule has 1 amide bonds. The van der Waals surface area contributed by atoms with E-state index in [1.165, 1.54) is 0 Å². The van der Waals surface area contributed by atoms with E-state index in [2.05, 4.69) is 17.6 Å². The maximum Gasteiger partial charge on any atom is 0.237 e. The van der Waals surface area contributed by atoms with Crippen molar-refractivity contribution in [3.8, 4) is 5.75 Å². The normalized spacial score (nSPS) is 12.1. The van der Waals surface area contributed by atoms with Crippen molar-refractivity contribution < 1.29 is 9.90 Å². The van der Waals surface area contributed by atoms with Crippen LogP contribution < -0.4 is 10.6 Å². The van der Waals surface area contributed by atoms with E-state index < -0.39 is 0 Å². The molecule has 0 heterocycles. The molecule has 17 heavy (non-hydrogen) atoms. The fraction of sp³-hybridized carbons (Fsp3) is 0.462. The van der Waals surface area contributed by atoms with Crippen molar-refractivity contribution in [3.05, 3.63) is 29.8 Å². The van der Waals surface area contributed by atoms with Gasteiger partial charge in [0.05, 0.1) is 6.04 Å². The van der Waals surface area contributed by atoms with Gasteiger partial charge in [-0.2, -0.15) is 0 Å². The molecule has 0 unspecified atom stereocenters. The van der Waals surface area contributed by atoms with E-state index in [4.69, 9.17) is 0 Å². The van der Waals surface area contributed by atoms with Crippen LogP contribution in [-0.2, 0) is 11.2 Å². The number of phenolic OH excluding ortho intramolecular Hbond substituents is 1. The third kappa shape index (κ3) is 4.44. The van der Waals surface area contributed by atoms with Crippen LogP contribution in [0.2, 0.25) is 0 Å². The summed E-state index contributed by atoms with van der Waals surface area (Å²) in [5, 5.41) is 15.1. The number of amides is 1. The van der Waals surface area contributed by atoms with Crippen LogP contribution >= 0.6 is 0 Å². The molecule has 0 spiro atoms. The molecule has 1 aromatic carbocycles. The third-order valence-electron chi connectivity index (χ3n) is 2.58. The highest BCUT2D eigenvalue weighted by molar-refractivity contribution is 5.81. The molecule has 94 valence electrons. The van der Waals surface area contributed by atoms with Crippen molar-refractivity contribution in [1.29, 1.82) is 0 Å². The lowest BCUT2D eigenvalue weighted by Crippen LogP contribution is -2.44. The monoisotopic (exact) mass is 236 g/mol. The standard InChI is InChI=1S/C13H20N2O2/c1-3-8-15-12(13(17)14-2)9-10-4-6-11(16)7-5-10/h4-7,12,15-16H,3,8-9H2,1-2H3,(H,14,17)/t12-/m0/s1. The largest absolute Gasteiger partial charge is 0.508 e. The average molecular weight is 236 g/mol. The van der Waals surface area contributed by atoms with Crippen LogP contribution in [0, 0.1) is 0 Å². The zero-order valence-corrected chi connectivity index (χ0v) is 10.4. The SMILES string of the molecule is CCCN[C@@H](Cc1ccc(O)cc1)C(=O)NC. The van der Waals surface area contributed by atoms with E-state index in [9.17, 15) is 9.90 Å². The second-order valence-corrected chi connectivity index (χ2v) is 3.99. The summed E-state index contributed by atoms with van der Waals surface area (Å²) in [5.41, 5.74) is 1.03. The van der Waals surface area contributed by atoms with Gasteiger partial charge in [0.1, 0.15) is 5.75 Å². The summed E-state index contributed by atoms with van der Waals surface area (Å²) < 4.78 is 0. The molecule has 0 aliphatic rings. The summed E-state index contributed by atoms with van der Waals surface area (Å²) in [7, 11) is 1.64. The van der Waals surface area contributed by atoms with E-state index in [0.29, 0.717) is 6.42 Å². The Labute approximate surface area is 102 Å². The van der Waals surface area contributed by atoms with Gasteiger partial charge in [-0.3, -0.25) is 4.79 Å². The molecule has 1 atom stereocenters. The quantitative estimate of drug-likeness (QED) is 0.692. The highest BCUT2D eigenvalue weighted by atomic mass is 16.3. The summed E-state index contributed by atoms with van der Waals surface area (Å²) in [6.45, 7) is 2.88. The highest BCUT2D eigenvalue weighted by Gasteiger charge is 2.16. The maximum atomic E-state index is 11.7. The average Bonchev–Trinajstić information content (AvgIpc) is 2.36. The smallest absolute Gasteiger partial charge is 0.237 e. The van der Waals surface area contributed by atoms with Gasteiger partial charge in [0.2, 0.25) is 5.91 Å². The van der Waals surface area contributed by atoms with Crippen LogP contribution in [0.4, 0.5) is 0 Å². The Morgan fingerprint density at radius 1 is 1.35 bits per heavy atom. The molecule has 0 saturated carbocycles. The second-order valence-electron chi connectivity index (χ2n) is 3.99. The van der Waals surface area contributed by atoms with Gasteiger partial charge in [-0.1, -0.05) is 19.1 Å². The molecule has 0 aliphatic carbocycles. The summed E-state index contributed by atoms with van der Waals surface area (Å²) in [5.74, 6) is 0.235. The van der Waals surface area contributed by atoms with Gasteiger partial charge in [0, 0.05) is 7.05 Å². The fourth-order valence-electron chi connectivity index (χ4n) is 1.62. The number of rotatable bonds is 6. The molecule has 0 aliphatic heterocycles. The van der Waals surface area contributed by atoms with Crippen LogP contribution in [0.5, 0.6) is 5.75 Å². The van der Waals surface area contributed by atoms with Gasteiger partial charge in [0.25, 0.3) is 0 Å². The lowest BCUT2D eigenvalue weighted by atomic mass is 10.0. The molecular formula is C13H20N2O2. The zero-order valence-electron chi connectivity index (χ0n) is 10.4. The molecule has 4 nitrogen and oxygen atoms in total. The number of hydrogen-bond acceptors (Lipinski definition) is 3. The molecule has 1 aromatic rings. The first kappa shape index (κ1) is 13.5. The topological polar surface area (TPSA) is 61.4 Å². The number of aromatic hydroxyl groups is 1. The zero-order chi connectivity index (χ0) is 12.7. The number of nitrogens with one attached hydrogen (secondary N) is 2. The van der Waals surface area contributed by atoms with Crippen LogP contribution in [0.15, 0.2) is 24.3 Å². The van der Waals surface area contributed by atoms with Crippen molar-refractivity contribution in [3.63, 3.8) is 0 Å². The number of likely N-dealkylation sites (N-methyl/N-ethyl adjacent to an activating group) is 1. The van der Waals surface area contributed by atoms with Gasteiger partial charge >= 0.3 is 0 Å². The van der Waals surface area contributed by atoms with Crippen LogP contribution in [0.3, 0.4) is 0 Å². The first-order valence-electron chi connectivity index (χ1n) is 5.90. The minimum Gasteiger partial charge on any atom is -0.508 e. The Morgan fingerprint density at radius 2 is 2.00 bits per heavy atom. The molecule has 0 aromatic heterocycles. The second kappa shape index (κ2) is 6.91. The van der Waals surface area contributed by atoms with E-state index >= 15 is 0 Å². The molecule has 0 radical (unpaired) electrons. The number of hydrogen-bond donors (Lipinski definition) is 3. The van der Waals surface area contributed by atoms with Crippen LogP contribution in [0.25, 0.3) is 0 Å². The molecule has 0 fully saturated rings. The Hall–Kier alpha value is -1.55. The predicted molar refractivity (Wildman–Crippen MR) is 68.0 cm³/mol. The van der Waals surface area contributed by atoms with E-state index in [-0.39, 0.29) is 17.7 Å². The predicted octanol–water partition coefficient (Wildman–Crippen LogP) is 1.05. The summed E-state index contributed by atoms with van der Waals surface area (Å²) in [6.07, 6.45) is 1.61. The van der Waals surface area contributed by atoms with E-state index in [1.807, 2.05) is 12.1 Å². The summed E-state index contributed by atoms with van der Waals surface area (Å²) >= 11 is 0. The van der Waals surface area contributed by atoms with Crippen LogP contribution in [-0.4, -0.2) is 30.6 Å². The molecule has 0 bridgehead atoms. The van der Waals surface area contributed by atoms with E-state index in [0.717, 1.165) is 18.5 Å². The van der Waals surface area contributed by atoms with Crippen molar-refractivity contribution in [2.24, 2.45) is 0 Å². The first-order valence-corrected chi connectivity index (χ1v) is 5.90. The van der Waals surface area contributed by atoms with Crippen molar-refractivity contribution in [1.82, 2.24) is 10.6 Å². The van der Waals surface area contributed by atoms with E-state index in [1.54, 1.807) is 19.2 Å². The molecule has 3 N–H and O–H groups in total. The minimum absolute atomic E-state index is 0.00785. The Kier molecular flexibility index (Phi) is 5.49. The van der Waals surface area contributed by atoms with Gasteiger partial charge in [-0.05, 0) is 37.1 Å². The molecule has 0 saturated heterocycles. The third-order valence-corrected chi connectivity index (χ3v) is 2.58. The Bertz CT molecular complexity index is 349. The molecule has 1 rings (SSSR count). The molecular weight excluding hydrogens is 216 g/mol. The maximum absolute atomic E-state index is 11.7. The summed E-state index contributed by atoms with van der Waals surface area (Å²) in [6, 6.07) is 6.72. The van der Waals surface area contributed by atoms with Crippen molar-refractivity contribution in [2.75, 3.05) is 13.6 Å². The van der Waals surface area contributed by atoms with Crippen molar-refractivity contribution in [2.45, 2.75) is 25.8 Å². The van der Waals surface area contributed by atoms with Crippen molar-refractivity contribution >= 4 is 5.91 Å². The summed E-state index contributed by atoms with van der Waals surface area (Å²) in [4.78, 5) is 11.7. The Balaban J connectivity index is 2.64. The molecule has 4 heteroatoms. The Morgan fingerprint density at radius 3 is 2.53 bits per heavy atom. The van der Waals surface area contributed by atoms with Gasteiger partial charge in [0.15, 0.2) is 0 Å². The highest BCUT2D eigenvalue weighted by Crippen LogP contribution is 2.11.